The van der Waals surface area contributed by atoms with Gasteiger partial charge in [-0.25, -0.2) is 8.42 Å². The van der Waals surface area contributed by atoms with E-state index in [4.69, 9.17) is 9.47 Å². The van der Waals surface area contributed by atoms with Gasteiger partial charge in [-0.3, -0.25) is 9.52 Å². The molecule has 1 aliphatic rings. The Labute approximate surface area is 197 Å². The van der Waals surface area contributed by atoms with E-state index in [0.717, 1.165) is 11.3 Å². The topological polar surface area (TPSA) is 93.7 Å². The first-order valence-electron chi connectivity index (χ1n) is 10.8. The van der Waals surface area contributed by atoms with Gasteiger partial charge in [-0.2, -0.15) is 0 Å². The van der Waals surface area contributed by atoms with E-state index in [1.165, 1.54) is 6.07 Å². The van der Waals surface area contributed by atoms with E-state index in [1.54, 1.807) is 42.5 Å². The summed E-state index contributed by atoms with van der Waals surface area (Å²) < 4.78 is 40.4. The molecule has 0 saturated carbocycles. The number of rotatable bonds is 9. The van der Waals surface area contributed by atoms with Crippen molar-refractivity contribution in [2.24, 2.45) is 0 Å². The standard InChI is InChI=1S/C26H22N2O5S/c29-26-22-11-5-10-21-24(13-12-23(27-26)25(21)22)34(30,31)28-19-7-4-6-18(16-19)17-32-14-15-33-20-8-2-1-3-9-20/h1-13,16,28H,14-15,17H2,(H,27,29). The van der Waals surface area contributed by atoms with Crippen LogP contribution in [0.2, 0.25) is 0 Å². The van der Waals surface area contributed by atoms with E-state index >= 15 is 0 Å². The van der Waals surface area contributed by atoms with Crippen molar-refractivity contribution >= 4 is 38.1 Å². The molecule has 0 aliphatic carbocycles. The first-order chi connectivity index (χ1) is 16.5. The van der Waals surface area contributed by atoms with Gasteiger partial charge in [0.05, 0.1) is 18.1 Å². The number of carbonyl (C=O) groups is 1. The van der Waals surface area contributed by atoms with Crippen LogP contribution in [-0.2, 0) is 21.4 Å². The number of carbonyl (C=O) groups excluding carboxylic acids is 1. The summed E-state index contributed by atoms with van der Waals surface area (Å²) in [6, 6.07) is 24.8. The molecule has 172 valence electrons. The van der Waals surface area contributed by atoms with Gasteiger partial charge >= 0.3 is 0 Å². The fourth-order valence-corrected chi connectivity index (χ4v) is 5.21. The summed E-state index contributed by atoms with van der Waals surface area (Å²) >= 11 is 0. The third-order valence-electron chi connectivity index (χ3n) is 5.47. The lowest BCUT2D eigenvalue weighted by Crippen LogP contribution is -2.13. The van der Waals surface area contributed by atoms with Crippen molar-refractivity contribution in [1.29, 1.82) is 0 Å². The lowest BCUT2D eigenvalue weighted by atomic mass is 10.1. The van der Waals surface area contributed by atoms with Crippen LogP contribution in [0.1, 0.15) is 15.9 Å². The number of para-hydroxylation sites is 1. The molecule has 7 nitrogen and oxygen atoms in total. The molecule has 1 heterocycles. The third-order valence-corrected chi connectivity index (χ3v) is 6.91. The van der Waals surface area contributed by atoms with Crippen molar-refractivity contribution in [3.63, 3.8) is 0 Å². The monoisotopic (exact) mass is 474 g/mol. The highest BCUT2D eigenvalue weighted by molar-refractivity contribution is 7.93. The van der Waals surface area contributed by atoms with Crippen LogP contribution in [0.15, 0.2) is 89.8 Å². The molecule has 0 aromatic heterocycles. The quantitative estimate of drug-likeness (QED) is 0.340. The fraction of sp³-hybridized carbons (Fsp3) is 0.115. The number of benzene rings is 4. The van der Waals surface area contributed by atoms with Crippen molar-refractivity contribution < 1.29 is 22.7 Å². The summed E-state index contributed by atoms with van der Waals surface area (Å²) in [5.74, 6) is 0.552. The van der Waals surface area contributed by atoms with Crippen molar-refractivity contribution in [3.05, 3.63) is 96.1 Å². The van der Waals surface area contributed by atoms with E-state index in [1.807, 2.05) is 36.4 Å². The number of anilines is 2. The molecule has 0 atom stereocenters. The van der Waals surface area contributed by atoms with Crippen molar-refractivity contribution in [2.75, 3.05) is 23.3 Å². The number of ether oxygens (including phenoxy) is 2. The Morgan fingerprint density at radius 2 is 1.68 bits per heavy atom. The highest BCUT2D eigenvalue weighted by atomic mass is 32.2. The average molecular weight is 475 g/mol. The maximum absolute atomic E-state index is 13.2. The van der Waals surface area contributed by atoms with Crippen molar-refractivity contribution in [2.45, 2.75) is 11.5 Å². The van der Waals surface area contributed by atoms with Crippen LogP contribution in [0.3, 0.4) is 0 Å². The smallest absolute Gasteiger partial charge is 0.262 e. The Balaban J connectivity index is 1.26. The first-order valence-corrected chi connectivity index (χ1v) is 12.2. The van der Waals surface area contributed by atoms with E-state index in [9.17, 15) is 13.2 Å². The maximum atomic E-state index is 13.2. The number of amides is 1. The zero-order valence-electron chi connectivity index (χ0n) is 18.2. The second-order valence-corrected chi connectivity index (χ2v) is 9.46. The zero-order chi connectivity index (χ0) is 23.5. The molecule has 4 aromatic rings. The molecule has 1 aliphatic heterocycles. The van der Waals surface area contributed by atoms with Gasteiger partial charge in [0.1, 0.15) is 12.4 Å². The molecule has 8 heteroatoms. The average Bonchev–Trinajstić information content (AvgIpc) is 3.16. The first kappa shape index (κ1) is 21.9. The summed E-state index contributed by atoms with van der Waals surface area (Å²) in [4.78, 5) is 12.3. The lowest BCUT2D eigenvalue weighted by molar-refractivity contribution is 0.0889. The van der Waals surface area contributed by atoms with Gasteiger partial charge in [0.2, 0.25) is 0 Å². The SMILES string of the molecule is O=C1Nc2ccc(S(=O)(=O)Nc3cccc(COCCOc4ccccc4)c3)c3cccc1c23. The van der Waals surface area contributed by atoms with Gasteiger partial charge in [-0.05, 0) is 48.0 Å². The minimum Gasteiger partial charge on any atom is -0.491 e. The molecular weight excluding hydrogens is 452 g/mol. The van der Waals surface area contributed by atoms with E-state index in [-0.39, 0.29) is 10.8 Å². The number of sulfonamides is 1. The second kappa shape index (κ2) is 9.17. The normalized spacial score (nSPS) is 12.5. The minimum atomic E-state index is -3.89. The predicted molar refractivity (Wildman–Crippen MR) is 131 cm³/mol. The fourth-order valence-electron chi connectivity index (χ4n) is 3.96. The molecule has 34 heavy (non-hydrogen) atoms. The summed E-state index contributed by atoms with van der Waals surface area (Å²) in [6.45, 7) is 1.14. The van der Waals surface area contributed by atoms with Gasteiger partial charge < -0.3 is 14.8 Å². The van der Waals surface area contributed by atoms with Crippen LogP contribution in [0.5, 0.6) is 5.75 Å². The van der Waals surface area contributed by atoms with Gasteiger partial charge in [0.15, 0.2) is 0 Å². The highest BCUT2D eigenvalue weighted by Crippen LogP contribution is 2.37. The third kappa shape index (κ3) is 4.46. The molecule has 5 rings (SSSR count). The summed E-state index contributed by atoms with van der Waals surface area (Å²) in [6.07, 6.45) is 0. The van der Waals surface area contributed by atoms with Crippen LogP contribution >= 0.6 is 0 Å². The maximum Gasteiger partial charge on any atom is 0.262 e. The molecule has 4 aromatic carbocycles. The molecule has 1 amide bonds. The van der Waals surface area contributed by atoms with Gasteiger partial charge in [0.25, 0.3) is 15.9 Å². The second-order valence-electron chi connectivity index (χ2n) is 7.81. The van der Waals surface area contributed by atoms with Crippen LogP contribution in [0.25, 0.3) is 10.8 Å². The molecule has 0 bridgehead atoms. The van der Waals surface area contributed by atoms with Crippen LogP contribution in [0.4, 0.5) is 11.4 Å². The largest absolute Gasteiger partial charge is 0.491 e. The van der Waals surface area contributed by atoms with Gasteiger partial charge in [0, 0.05) is 27.7 Å². The summed E-state index contributed by atoms with van der Waals surface area (Å²) in [5, 5.41) is 3.89. The zero-order valence-corrected chi connectivity index (χ0v) is 19.0. The molecular formula is C26H22N2O5S. The number of hydrogen-bond acceptors (Lipinski definition) is 5. The molecule has 0 saturated heterocycles. The van der Waals surface area contributed by atoms with Gasteiger partial charge in [-0.15, -0.1) is 0 Å². The molecule has 0 radical (unpaired) electrons. The number of nitrogens with one attached hydrogen (secondary N) is 2. The molecule has 0 spiro atoms. The Morgan fingerprint density at radius 3 is 2.53 bits per heavy atom. The molecule has 0 unspecified atom stereocenters. The molecule has 0 fully saturated rings. The predicted octanol–water partition coefficient (Wildman–Crippen LogP) is 4.80. The summed E-state index contributed by atoms with van der Waals surface area (Å²) in [5.41, 5.74) is 2.35. The van der Waals surface area contributed by atoms with E-state index < -0.39 is 10.0 Å². The van der Waals surface area contributed by atoms with E-state index in [2.05, 4.69) is 10.0 Å². The lowest BCUT2D eigenvalue weighted by Gasteiger charge is -2.12. The van der Waals surface area contributed by atoms with Gasteiger partial charge in [-0.1, -0.05) is 42.5 Å². The highest BCUT2D eigenvalue weighted by Gasteiger charge is 2.26. The Kier molecular flexibility index (Phi) is 5.91. The Hall–Kier alpha value is -3.88. The van der Waals surface area contributed by atoms with Crippen LogP contribution < -0.4 is 14.8 Å². The van der Waals surface area contributed by atoms with Crippen LogP contribution in [0, 0.1) is 0 Å². The Bertz CT molecular complexity index is 1470. The van der Waals surface area contributed by atoms with Crippen LogP contribution in [-0.4, -0.2) is 27.5 Å². The molecule has 2 N–H and O–H groups in total. The van der Waals surface area contributed by atoms with E-state index in [0.29, 0.717) is 47.5 Å². The summed E-state index contributed by atoms with van der Waals surface area (Å²) in [7, 11) is -3.89. The Morgan fingerprint density at radius 1 is 0.853 bits per heavy atom. The van der Waals surface area contributed by atoms with Crippen molar-refractivity contribution in [3.8, 4) is 5.75 Å². The minimum absolute atomic E-state index is 0.115. The number of hydrogen-bond donors (Lipinski definition) is 2. The van der Waals surface area contributed by atoms with Crippen molar-refractivity contribution in [1.82, 2.24) is 0 Å².